The van der Waals surface area contributed by atoms with Crippen molar-refractivity contribution in [1.82, 2.24) is 19.6 Å². The Bertz CT molecular complexity index is 876. The lowest BCUT2D eigenvalue weighted by molar-refractivity contribution is -0.384. The summed E-state index contributed by atoms with van der Waals surface area (Å²) < 4.78 is 7.69. The van der Waals surface area contributed by atoms with E-state index in [1.807, 2.05) is 22.8 Å². The van der Waals surface area contributed by atoms with Crippen molar-refractivity contribution >= 4 is 11.8 Å². The first kappa shape index (κ1) is 21.7. The van der Waals surface area contributed by atoms with Crippen LogP contribution in [0, 0.1) is 10.1 Å². The average molecular weight is 417 g/mol. The molecule has 10 nitrogen and oxygen atoms in total. The maximum atomic E-state index is 11.0. The molecule has 0 spiro atoms. The van der Waals surface area contributed by atoms with Crippen molar-refractivity contribution in [2.45, 2.75) is 32.0 Å². The number of benzene rings is 1. The van der Waals surface area contributed by atoms with Gasteiger partial charge in [0.05, 0.1) is 10.6 Å². The lowest BCUT2D eigenvalue weighted by atomic mass is 10.1. The fourth-order valence-electron chi connectivity index (χ4n) is 3.40. The van der Waals surface area contributed by atoms with E-state index in [-0.39, 0.29) is 11.9 Å². The number of hydrogen-bond donors (Lipinski definition) is 1. The van der Waals surface area contributed by atoms with Crippen molar-refractivity contribution in [2.75, 3.05) is 33.8 Å². The van der Waals surface area contributed by atoms with E-state index >= 15 is 0 Å². The van der Waals surface area contributed by atoms with Gasteiger partial charge in [0.2, 0.25) is 0 Å². The summed E-state index contributed by atoms with van der Waals surface area (Å²) in [7, 11) is 3.46. The Morgan fingerprint density at radius 3 is 2.63 bits per heavy atom. The molecule has 2 aromatic rings. The zero-order valence-electron chi connectivity index (χ0n) is 17.2. The zero-order valence-corrected chi connectivity index (χ0v) is 17.2. The first-order chi connectivity index (χ1) is 14.3. The number of nitrogens with zero attached hydrogens (tertiary/aromatic N) is 5. The Balaban J connectivity index is 1.82. The quantitative estimate of drug-likeness (QED) is 0.518. The number of amides is 1. The van der Waals surface area contributed by atoms with Gasteiger partial charge >= 0.3 is 6.09 Å². The normalized spacial score (nSPS) is 16.6. The second-order valence-electron chi connectivity index (χ2n) is 7.55. The molecule has 162 valence electrons. The summed E-state index contributed by atoms with van der Waals surface area (Å²) in [4.78, 5) is 24.8. The smallest absolute Gasteiger partial charge is 0.407 e. The summed E-state index contributed by atoms with van der Waals surface area (Å²) >= 11 is 0. The van der Waals surface area contributed by atoms with Gasteiger partial charge in [-0.2, -0.15) is 5.10 Å². The van der Waals surface area contributed by atoms with Gasteiger partial charge in [-0.25, -0.2) is 9.48 Å². The lowest BCUT2D eigenvalue weighted by Gasteiger charge is -2.22. The zero-order chi connectivity index (χ0) is 21.7. The molecule has 1 atom stereocenters. The van der Waals surface area contributed by atoms with Crippen LogP contribution in [0.3, 0.4) is 0 Å². The number of rotatable bonds is 8. The maximum Gasteiger partial charge on any atom is 0.407 e. The van der Waals surface area contributed by atoms with Crippen molar-refractivity contribution < 1.29 is 19.6 Å². The SMILES string of the molecule is CN(CCN(C)C(=O)O)Cc1cn(C2CCCCO2)nc1-c1ccc([N+](=O)[O-])cc1. The van der Waals surface area contributed by atoms with E-state index in [1.54, 1.807) is 12.1 Å². The van der Waals surface area contributed by atoms with Crippen LogP contribution in [0.15, 0.2) is 30.5 Å². The summed E-state index contributed by atoms with van der Waals surface area (Å²) in [5.74, 6) is 0. The Labute approximate surface area is 174 Å². The van der Waals surface area contributed by atoms with Crippen molar-refractivity contribution in [3.05, 3.63) is 46.1 Å². The molecule has 1 aliphatic heterocycles. The van der Waals surface area contributed by atoms with Crippen LogP contribution in [-0.4, -0.2) is 69.5 Å². The number of carboxylic acid groups (broad SMARTS) is 1. The van der Waals surface area contributed by atoms with Gasteiger partial charge in [0.15, 0.2) is 0 Å². The molecule has 1 aromatic heterocycles. The predicted octanol–water partition coefficient (Wildman–Crippen LogP) is 3.20. The third kappa shape index (κ3) is 5.33. The molecule has 0 saturated carbocycles. The largest absolute Gasteiger partial charge is 0.465 e. The molecule has 1 N–H and O–H groups in total. The molecule has 3 rings (SSSR count). The highest BCUT2D eigenvalue weighted by molar-refractivity contribution is 5.65. The molecular weight excluding hydrogens is 390 g/mol. The van der Waals surface area contributed by atoms with Crippen LogP contribution in [0.5, 0.6) is 0 Å². The molecule has 1 aliphatic rings. The molecule has 30 heavy (non-hydrogen) atoms. The van der Waals surface area contributed by atoms with E-state index in [4.69, 9.17) is 14.9 Å². The molecule has 1 fully saturated rings. The van der Waals surface area contributed by atoms with E-state index in [1.165, 1.54) is 24.1 Å². The highest BCUT2D eigenvalue weighted by Crippen LogP contribution is 2.29. The van der Waals surface area contributed by atoms with Crippen molar-refractivity contribution in [1.29, 1.82) is 0 Å². The molecule has 1 saturated heterocycles. The second kappa shape index (κ2) is 9.68. The molecule has 0 bridgehead atoms. The number of hydrogen-bond acceptors (Lipinski definition) is 6. The molecule has 2 heterocycles. The third-order valence-electron chi connectivity index (χ3n) is 5.19. The summed E-state index contributed by atoms with van der Waals surface area (Å²) in [6, 6.07) is 6.35. The van der Waals surface area contributed by atoms with Crippen molar-refractivity contribution in [3.8, 4) is 11.3 Å². The van der Waals surface area contributed by atoms with E-state index in [0.717, 1.165) is 36.1 Å². The van der Waals surface area contributed by atoms with E-state index in [2.05, 4.69) is 0 Å². The first-order valence-corrected chi connectivity index (χ1v) is 9.92. The maximum absolute atomic E-state index is 11.0. The van der Waals surface area contributed by atoms with Crippen LogP contribution in [0.2, 0.25) is 0 Å². The van der Waals surface area contributed by atoms with E-state index in [0.29, 0.717) is 26.2 Å². The molecule has 0 aliphatic carbocycles. The van der Waals surface area contributed by atoms with Gasteiger partial charge in [-0.3, -0.25) is 10.1 Å². The molecule has 0 radical (unpaired) electrons. The van der Waals surface area contributed by atoms with Gasteiger partial charge in [-0.05, 0) is 38.4 Å². The van der Waals surface area contributed by atoms with Crippen molar-refractivity contribution in [3.63, 3.8) is 0 Å². The van der Waals surface area contributed by atoms with Gasteiger partial charge in [-0.15, -0.1) is 0 Å². The second-order valence-corrected chi connectivity index (χ2v) is 7.55. The molecule has 10 heteroatoms. The van der Waals surface area contributed by atoms with E-state index in [9.17, 15) is 14.9 Å². The number of likely N-dealkylation sites (N-methyl/N-ethyl adjacent to an activating group) is 2. The van der Waals surface area contributed by atoms with Crippen LogP contribution < -0.4 is 0 Å². The number of ether oxygens (including phenoxy) is 1. The van der Waals surface area contributed by atoms with E-state index < -0.39 is 11.0 Å². The third-order valence-corrected chi connectivity index (χ3v) is 5.19. The highest BCUT2D eigenvalue weighted by Gasteiger charge is 2.21. The number of aromatic nitrogens is 2. The van der Waals surface area contributed by atoms with Gasteiger partial charge < -0.3 is 19.6 Å². The minimum Gasteiger partial charge on any atom is -0.465 e. The predicted molar refractivity (Wildman–Crippen MR) is 110 cm³/mol. The molecule has 1 amide bonds. The Morgan fingerprint density at radius 1 is 1.30 bits per heavy atom. The Morgan fingerprint density at radius 2 is 2.03 bits per heavy atom. The molecular formula is C20H27N5O5. The molecule has 1 aromatic carbocycles. The average Bonchev–Trinajstić information content (AvgIpc) is 3.16. The highest BCUT2D eigenvalue weighted by atomic mass is 16.6. The summed E-state index contributed by atoms with van der Waals surface area (Å²) in [6.07, 6.45) is 3.89. The Kier molecular flexibility index (Phi) is 7.01. The van der Waals surface area contributed by atoms with Crippen LogP contribution in [0.25, 0.3) is 11.3 Å². The van der Waals surface area contributed by atoms with Crippen LogP contribution in [0.1, 0.15) is 31.1 Å². The number of non-ortho nitro benzene ring substituents is 1. The fraction of sp³-hybridized carbons (Fsp3) is 0.500. The van der Waals surface area contributed by atoms with Crippen LogP contribution >= 0.6 is 0 Å². The number of carbonyl (C=O) groups is 1. The van der Waals surface area contributed by atoms with Gasteiger partial charge in [0.1, 0.15) is 6.23 Å². The fourth-order valence-corrected chi connectivity index (χ4v) is 3.40. The van der Waals surface area contributed by atoms with Gasteiger partial charge in [0, 0.05) is 62.7 Å². The summed E-state index contributed by atoms with van der Waals surface area (Å²) in [5.41, 5.74) is 2.53. The number of nitro groups is 1. The lowest BCUT2D eigenvalue weighted by Crippen LogP contribution is -2.33. The first-order valence-electron chi connectivity index (χ1n) is 9.92. The minimum atomic E-state index is -0.961. The minimum absolute atomic E-state index is 0.0316. The van der Waals surface area contributed by atoms with Gasteiger partial charge in [0.25, 0.3) is 5.69 Å². The van der Waals surface area contributed by atoms with Gasteiger partial charge in [-0.1, -0.05) is 0 Å². The summed E-state index contributed by atoms with van der Waals surface area (Å²) in [6.45, 7) is 2.22. The topological polar surface area (TPSA) is 114 Å². The van der Waals surface area contributed by atoms with Crippen molar-refractivity contribution in [2.24, 2.45) is 0 Å². The molecule has 1 unspecified atom stereocenters. The Hall–Kier alpha value is -2.98. The monoisotopic (exact) mass is 417 g/mol. The standard InChI is InChI=1S/C20H27N5O5/c1-22(10-11-23(2)20(26)27)13-16-14-24(18-5-3-4-12-30-18)21-19(16)15-6-8-17(9-7-15)25(28)29/h6-9,14,18H,3-5,10-13H2,1-2H3,(H,26,27). The number of nitro benzene ring substituents is 1. The van der Waals surface area contributed by atoms with Crippen LogP contribution in [0.4, 0.5) is 10.5 Å². The summed E-state index contributed by atoms with van der Waals surface area (Å²) in [5, 5.41) is 24.7. The van der Waals surface area contributed by atoms with Crippen LogP contribution in [-0.2, 0) is 11.3 Å².